The zero-order valence-corrected chi connectivity index (χ0v) is 22.2. The third-order valence-corrected chi connectivity index (χ3v) is 9.19. The van der Waals surface area contributed by atoms with E-state index in [0.29, 0.717) is 31.6 Å². The molecule has 36 heavy (non-hydrogen) atoms. The maximum absolute atomic E-state index is 13.1. The molecule has 0 bridgehead atoms. The van der Waals surface area contributed by atoms with Crippen LogP contribution < -0.4 is 15.0 Å². The van der Waals surface area contributed by atoms with Gasteiger partial charge < -0.3 is 19.5 Å². The van der Waals surface area contributed by atoms with Crippen LogP contribution in [0.3, 0.4) is 0 Å². The number of aryl methyl sites for hydroxylation is 2. The standard InChI is InChI=1S/C25H37N5O5S/c1-19-24(20(2)35-27-19)36(32,33)30-13-4-6-21(18-30)25(31)26-11-5-12-28-14-16-29(17-15-28)22-7-9-23(34-3)10-8-22/h7-10,21H,4-6,11-18H2,1-3H3,(H,26,31). The number of nitrogens with zero attached hydrogens (tertiary/aromatic N) is 4. The molecular formula is C25H37N5O5S. The SMILES string of the molecule is COc1ccc(N2CCN(CCCNC(=O)C3CCCN(S(=O)(=O)c4c(C)noc4C)C3)CC2)cc1. The maximum Gasteiger partial charge on any atom is 0.248 e. The van der Waals surface area contributed by atoms with Crippen LogP contribution >= 0.6 is 0 Å². The van der Waals surface area contributed by atoms with Gasteiger partial charge in [0.2, 0.25) is 15.9 Å². The highest BCUT2D eigenvalue weighted by molar-refractivity contribution is 7.89. The van der Waals surface area contributed by atoms with E-state index < -0.39 is 10.0 Å². The van der Waals surface area contributed by atoms with Crippen molar-refractivity contribution in [2.45, 2.75) is 38.0 Å². The summed E-state index contributed by atoms with van der Waals surface area (Å²) in [4.78, 5) is 17.7. The zero-order valence-electron chi connectivity index (χ0n) is 21.4. The molecule has 2 aromatic rings. The minimum absolute atomic E-state index is 0.0713. The first-order valence-corrected chi connectivity index (χ1v) is 14.1. The third kappa shape index (κ3) is 6.01. The van der Waals surface area contributed by atoms with Gasteiger partial charge in [-0.3, -0.25) is 9.69 Å². The van der Waals surface area contributed by atoms with Crippen LogP contribution in [-0.4, -0.2) is 88.2 Å². The van der Waals surface area contributed by atoms with E-state index >= 15 is 0 Å². The van der Waals surface area contributed by atoms with Crippen molar-refractivity contribution < 1.29 is 22.5 Å². The summed E-state index contributed by atoms with van der Waals surface area (Å²) in [6.07, 6.45) is 2.20. The van der Waals surface area contributed by atoms with Crippen molar-refractivity contribution in [3.05, 3.63) is 35.7 Å². The number of carbonyl (C=O) groups is 1. The molecule has 1 atom stereocenters. The number of carbonyl (C=O) groups excluding carboxylic acids is 1. The van der Waals surface area contributed by atoms with Gasteiger partial charge in [0.15, 0.2) is 5.76 Å². The fourth-order valence-corrected chi connectivity index (χ4v) is 6.84. The predicted octanol–water partition coefficient (Wildman–Crippen LogP) is 2.03. The Morgan fingerprint density at radius 3 is 2.50 bits per heavy atom. The van der Waals surface area contributed by atoms with Crippen molar-refractivity contribution in [2.75, 3.05) is 64.4 Å². The Kier molecular flexibility index (Phi) is 8.53. The van der Waals surface area contributed by atoms with Crippen LogP contribution in [0, 0.1) is 19.8 Å². The molecule has 4 rings (SSSR count). The Bertz CT molecular complexity index is 1110. The lowest BCUT2D eigenvalue weighted by molar-refractivity contribution is -0.126. The smallest absolute Gasteiger partial charge is 0.248 e. The van der Waals surface area contributed by atoms with E-state index in [9.17, 15) is 13.2 Å². The van der Waals surface area contributed by atoms with Crippen LogP contribution in [-0.2, 0) is 14.8 Å². The van der Waals surface area contributed by atoms with Crippen LogP contribution in [0.15, 0.2) is 33.7 Å². The molecule has 2 aliphatic rings. The van der Waals surface area contributed by atoms with Gasteiger partial charge in [0.05, 0.1) is 13.0 Å². The molecule has 10 nitrogen and oxygen atoms in total. The summed E-state index contributed by atoms with van der Waals surface area (Å²) in [5, 5.41) is 6.80. The molecule has 2 fully saturated rings. The summed E-state index contributed by atoms with van der Waals surface area (Å²) < 4.78 is 37.9. The van der Waals surface area contributed by atoms with E-state index in [1.54, 1.807) is 21.0 Å². The van der Waals surface area contributed by atoms with Crippen molar-refractivity contribution in [1.82, 2.24) is 19.7 Å². The molecule has 3 heterocycles. The van der Waals surface area contributed by atoms with Gasteiger partial charge in [0, 0.05) is 51.5 Å². The molecule has 2 saturated heterocycles. The van der Waals surface area contributed by atoms with Gasteiger partial charge >= 0.3 is 0 Å². The number of anilines is 1. The van der Waals surface area contributed by atoms with Crippen molar-refractivity contribution >= 4 is 21.6 Å². The number of piperazine rings is 1. The number of sulfonamides is 1. The van der Waals surface area contributed by atoms with E-state index in [2.05, 4.69) is 32.4 Å². The van der Waals surface area contributed by atoms with E-state index in [1.165, 1.54) is 9.99 Å². The minimum atomic E-state index is -3.73. The van der Waals surface area contributed by atoms with Gasteiger partial charge in [-0.1, -0.05) is 5.16 Å². The summed E-state index contributed by atoms with van der Waals surface area (Å²) >= 11 is 0. The zero-order chi connectivity index (χ0) is 25.7. The van der Waals surface area contributed by atoms with E-state index in [1.807, 2.05) is 12.1 Å². The van der Waals surface area contributed by atoms with Crippen molar-refractivity contribution in [2.24, 2.45) is 5.92 Å². The van der Waals surface area contributed by atoms with E-state index in [0.717, 1.165) is 44.9 Å². The molecule has 0 aliphatic carbocycles. The summed E-state index contributed by atoms with van der Waals surface area (Å²) in [6, 6.07) is 8.16. The Labute approximate surface area is 213 Å². The molecule has 1 amide bonds. The Morgan fingerprint density at radius 2 is 1.86 bits per heavy atom. The maximum atomic E-state index is 13.1. The molecule has 0 radical (unpaired) electrons. The number of ether oxygens (including phenoxy) is 1. The first-order valence-electron chi connectivity index (χ1n) is 12.6. The first-order chi connectivity index (χ1) is 17.3. The Hall–Kier alpha value is -2.63. The number of methoxy groups -OCH3 is 1. The number of nitrogens with one attached hydrogen (secondary N) is 1. The fraction of sp³-hybridized carbons (Fsp3) is 0.600. The molecule has 198 valence electrons. The summed E-state index contributed by atoms with van der Waals surface area (Å²) in [7, 11) is -2.06. The van der Waals surface area contributed by atoms with Crippen molar-refractivity contribution in [1.29, 1.82) is 0 Å². The first kappa shape index (κ1) is 26.4. The number of benzene rings is 1. The number of hydrogen-bond donors (Lipinski definition) is 1. The molecule has 0 saturated carbocycles. The molecule has 1 aromatic carbocycles. The lowest BCUT2D eigenvalue weighted by atomic mass is 9.99. The average molecular weight is 520 g/mol. The third-order valence-electron chi connectivity index (χ3n) is 7.08. The van der Waals surface area contributed by atoms with Gasteiger partial charge in [-0.25, -0.2) is 8.42 Å². The number of aromatic nitrogens is 1. The lowest BCUT2D eigenvalue weighted by Crippen LogP contribution is -2.47. The van der Waals surface area contributed by atoms with Gasteiger partial charge in [-0.05, 0) is 63.9 Å². The van der Waals surface area contributed by atoms with E-state index in [4.69, 9.17) is 9.26 Å². The predicted molar refractivity (Wildman–Crippen MR) is 137 cm³/mol. The highest BCUT2D eigenvalue weighted by Gasteiger charge is 2.36. The normalized spacial score (nSPS) is 19.9. The molecule has 1 unspecified atom stereocenters. The Morgan fingerprint density at radius 1 is 1.14 bits per heavy atom. The van der Waals surface area contributed by atoms with E-state index in [-0.39, 0.29) is 29.0 Å². The molecular weight excluding hydrogens is 482 g/mol. The second-order valence-electron chi connectivity index (χ2n) is 9.53. The second kappa shape index (κ2) is 11.6. The second-order valence-corrected chi connectivity index (χ2v) is 11.4. The molecule has 0 spiro atoms. The van der Waals surface area contributed by atoms with Gasteiger partial charge in [0.1, 0.15) is 16.3 Å². The monoisotopic (exact) mass is 519 g/mol. The Balaban J connectivity index is 1.18. The topological polar surface area (TPSA) is 108 Å². The number of amides is 1. The van der Waals surface area contributed by atoms with Crippen LogP contribution in [0.4, 0.5) is 5.69 Å². The quantitative estimate of drug-likeness (QED) is 0.502. The minimum Gasteiger partial charge on any atom is -0.497 e. The number of piperidine rings is 1. The summed E-state index contributed by atoms with van der Waals surface area (Å²) in [6.45, 7) is 9.22. The average Bonchev–Trinajstić information content (AvgIpc) is 3.25. The lowest BCUT2D eigenvalue weighted by Gasteiger charge is -2.36. The molecule has 2 aliphatic heterocycles. The summed E-state index contributed by atoms with van der Waals surface area (Å²) in [5.41, 5.74) is 1.56. The molecule has 1 N–H and O–H groups in total. The van der Waals surface area contributed by atoms with Crippen molar-refractivity contribution in [3.8, 4) is 5.75 Å². The van der Waals surface area contributed by atoms with Gasteiger partial charge in [-0.2, -0.15) is 4.31 Å². The highest BCUT2D eigenvalue weighted by atomic mass is 32.2. The number of rotatable bonds is 9. The van der Waals surface area contributed by atoms with Crippen LogP contribution in [0.5, 0.6) is 5.75 Å². The van der Waals surface area contributed by atoms with Gasteiger partial charge in [-0.15, -0.1) is 0 Å². The largest absolute Gasteiger partial charge is 0.497 e. The van der Waals surface area contributed by atoms with Crippen molar-refractivity contribution in [3.63, 3.8) is 0 Å². The van der Waals surface area contributed by atoms with Crippen LogP contribution in [0.1, 0.15) is 30.7 Å². The van der Waals surface area contributed by atoms with Crippen LogP contribution in [0.25, 0.3) is 0 Å². The summed E-state index contributed by atoms with van der Waals surface area (Å²) in [5.74, 6) is 0.728. The van der Waals surface area contributed by atoms with Gasteiger partial charge in [0.25, 0.3) is 0 Å². The van der Waals surface area contributed by atoms with Crippen LogP contribution in [0.2, 0.25) is 0 Å². The molecule has 11 heteroatoms. The highest BCUT2D eigenvalue weighted by Crippen LogP contribution is 2.28. The molecule has 1 aromatic heterocycles. The number of hydrogen-bond acceptors (Lipinski definition) is 8. The fourth-order valence-electron chi connectivity index (χ4n) is 5.03.